The van der Waals surface area contributed by atoms with E-state index >= 15 is 0 Å². The van der Waals surface area contributed by atoms with Gasteiger partial charge in [-0.15, -0.1) is 5.10 Å². The Kier molecular flexibility index (Phi) is 2.65. The summed E-state index contributed by atoms with van der Waals surface area (Å²) in [4.78, 5) is 0.950. The normalized spacial score (nSPS) is 10.0. The van der Waals surface area contributed by atoms with Crippen molar-refractivity contribution in [3.05, 3.63) is 42.6 Å². The lowest BCUT2D eigenvalue weighted by Crippen LogP contribution is -1.81. The molecule has 3 nitrogen and oxygen atoms in total. The predicted molar refractivity (Wildman–Crippen MR) is 54.3 cm³/mol. The first-order chi connectivity index (χ1) is 6.84. The van der Waals surface area contributed by atoms with E-state index in [-0.39, 0.29) is 5.75 Å². The maximum absolute atomic E-state index is 9.24. The maximum Gasteiger partial charge on any atom is 0.124 e. The van der Waals surface area contributed by atoms with E-state index in [1.807, 2.05) is 18.2 Å². The summed E-state index contributed by atoms with van der Waals surface area (Å²) in [5.74, 6) is 0.263. The lowest BCUT2D eigenvalue weighted by atomic mass is 10.3. The van der Waals surface area contributed by atoms with Crippen LogP contribution in [0.3, 0.4) is 0 Å². The third-order valence-electron chi connectivity index (χ3n) is 1.59. The Bertz CT molecular complexity index is 419. The molecular weight excluding hydrogens is 196 g/mol. The SMILES string of the molecule is Oc1cccc(Sc2cccnn2)c1. The number of aromatic nitrogens is 2. The van der Waals surface area contributed by atoms with Gasteiger partial charge in [-0.2, -0.15) is 5.10 Å². The Balaban J connectivity index is 2.19. The quantitative estimate of drug-likeness (QED) is 0.815. The summed E-state index contributed by atoms with van der Waals surface area (Å²) in [7, 11) is 0. The summed E-state index contributed by atoms with van der Waals surface area (Å²) in [6.07, 6.45) is 1.63. The first-order valence-corrected chi connectivity index (χ1v) is 4.91. The maximum atomic E-state index is 9.24. The molecule has 0 saturated carbocycles. The zero-order valence-corrected chi connectivity index (χ0v) is 8.11. The third kappa shape index (κ3) is 2.23. The lowest BCUT2D eigenvalue weighted by Gasteiger charge is -1.99. The molecular formula is C10H8N2OS. The average Bonchev–Trinajstić information content (AvgIpc) is 2.19. The van der Waals surface area contributed by atoms with Crippen LogP contribution in [0.1, 0.15) is 0 Å². The van der Waals surface area contributed by atoms with E-state index in [2.05, 4.69) is 10.2 Å². The van der Waals surface area contributed by atoms with E-state index in [4.69, 9.17) is 0 Å². The molecule has 1 aromatic heterocycles. The molecule has 1 N–H and O–H groups in total. The molecule has 4 heteroatoms. The van der Waals surface area contributed by atoms with Gasteiger partial charge in [0.2, 0.25) is 0 Å². The fraction of sp³-hybridized carbons (Fsp3) is 0. The largest absolute Gasteiger partial charge is 0.508 e. The topological polar surface area (TPSA) is 46.0 Å². The van der Waals surface area contributed by atoms with Crippen molar-refractivity contribution in [1.82, 2.24) is 10.2 Å². The first-order valence-electron chi connectivity index (χ1n) is 4.09. The molecule has 14 heavy (non-hydrogen) atoms. The second-order valence-electron chi connectivity index (χ2n) is 2.66. The van der Waals surface area contributed by atoms with Crippen LogP contribution in [-0.2, 0) is 0 Å². The molecule has 2 aromatic rings. The number of rotatable bonds is 2. The van der Waals surface area contributed by atoms with Crippen molar-refractivity contribution in [3.8, 4) is 5.75 Å². The van der Waals surface area contributed by atoms with Crippen LogP contribution in [0.2, 0.25) is 0 Å². The summed E-state index contributed by atoms with van der Waals surface area (Å²) >= 11 is 1.47. The van der Waals surface area contributed by atoms with Crippen molar-refractivity contribution in [2.45, 2.75) is 9.92 Å². The summed E-state index contributed by atoms with van der Waals surface area (Å²) < 4.78 is 0. The molecule has 0 aliphatic rings. The van der Waals surface area contributed by atoms with Gasteiger partial charge in [0.25, 0.3) is 0 Å². The summed E-state index contributed by atoms with van der Waals surface area (Å²) in [5.41, 5.74) is 0. The van der Waals surface area contributed by atoms with Crippen LogP contribution in [-0.4, -0.2) is 15.3 Å². The highest BCUT2D eigenvalue weighted by Gasteiger charge is 1.98. The minimum Gasteiger partial charge on any atom is -0.508 e. The Morgan fingerprint density at radius 3 is 2.79 bits per heavy atom. The van der Waals surface area contributed by atoms with Crippen LogP contribution >= 0.6 is 11.8 Å². The summed E-state index contributed by atoms with van der Waals surface area (Å²) in [6, 6.07) is 10.8. The first kappa shape index (κ1) is 9.02. The fourth-order valence-electron chi connectivity index (χ4n) is 1.01. The number of benzene rings is 1. The van der Waals surface area contributed by atoms with Crippen molar-refractivity contribution in [1.29, 1.82) is 0 Å². The van der Waals surface area contributed by atoms with Gasteiger partial charge >= 0.3 is 0 Å². The van der Waals surface area contributed by atoms with E-state index in [9.17, 15) is 5.11 Å². The van der Waals surface area contributed by atoms with Gasteiger partial charge in [0, 0.05) is 11.1 Å². The number of hydrogen-bond acceptors (Lipinski definition) is 4. The van der Waals surface area contributed by atoms with E-state index in [0.29, 0.717) is 0 Å². The van der Waals surface area contributed by atoms with Crippen molar-refractivity contribution >= 4 is 11.8 Å². The van der Waals surface area contributed by atoms with Gasteiger partial charge in [0.1, 0.15) is 10.8 Å². The van der Waals surface area contributed by atoms with Crippen LogP contribution < -0.4 is 0 Å². The second-order valence-corrected chi connectivity index (χ2v) is 3.76. The molecule has 0 spiro atoms. The predicted octanol–water partition coefficient (Wildman–Crippen LogP) is 2.33. The molecule has 0 bridgehead atoms. The fourth-order valence-corrected chi connectivity index (χ4v) is 1.81. The van der Waals surface area contributed by atoms with Crippen molar-refractivity contribution in [2.24, 2.45) is 0 Å². The smallest absolute Gasteiger partial charge is 0.124 e. The molecule has 70 valence electrons. The molecule has 0 saturated heterocycles. The molecule has 0 unspecified atom stereocenters. The minimum absolute atomic E-state index is 0.263. The van der Waals surface area contributed by atoms with Gasteiger partial charge in [-0.3, -0.25) is 0 Å². The molecule has 0 fully saturated rings. The van der Waals surface area contributed by atoms with Crippen molar-refractivity contribution in [3.63, 3.8) is 0 Å². The number of hydrogen-bond donors (Lipinski definition) is 1. The Morgan fingerprint density at radius 1 is 1.14 bits per heavy atom. The van der Waals surface area contributed by atoms with Crippen LogP contribution in [0, 0.1) is 0 Å². The van der Waals surface area contributed by atoms with Gasteiger partial charge in [-0.25, -0.2) is 0 Å². The zero-order valence-electron chi connectivity index (χ0n) is 7.29. The standard InChI is InChI=1S/C10H8N2OS/c13-8-3-1-4-9(7-8)14-10-5-2-6-11-12-10/h1-7,13H. The van der Waals surface area contributed by atoms with Gasteiger partial charge in [-0.1, -0.05) is 17.8 Å². The molecule has 0 radical (unpaired) electrons. The molecule has 0 aliphatic heterocycles. The lowest BCUT2D eigenvalue weighted by molar-refractivity contribution is 0.474. The monoisotopic (exact) mass is 204 g/mol. The second kappa shape index (κ2) is 4.11. The van der Waals surface area contributed by atoms with Gasteiger partial charge in [-0.05, 0) is 30.3 Å². The third-order valence-corrected chi connectivity index (χ3v) is 2.50. The van der Waals surface area contributed by atoms with Crippen LogP contribution in [0.15, 0.2) is 52.5 Å². The average molecular weight is 204 g/mol. The zero-order chi connectivity index (χ0) is 9.80. The molecule has 0 amide bonds. The summed E-state index contributed by atoms with van der Waals surface area (Å²) in [5, 5.41) is 17.8. The molecule has 1 aromatic carbocycles. The number of aromatic hydroxyl groups is 1. The van der Waals surface area contributed by atoms with Crippen molar-refractivity contribution in [2.75, 3.05) is 0 Å². The van der Waals surface area contributed by atoms with E-state index < -0.39 is 0 Å². The Hall–Kier alpha value is -1.55. The molecule has 2 rings (SSSR count). The van der Waals surface area contributed by atoms with Crippen LogP contribution in [0.25, 0.3) is 0 Å². The van der Waals surface area contributed by atoms with E-state index in [0.717, 1.165) is 9.92 Å². The van der Waals surface area contributed by atoms with Gasteiger partial charge in [0.05, 0.1) is 0 Å². The summed E-state index contributed by atoms with van der Waals surface area (Å²) in [6.45, 7) is 0. The van der Waals surface area contributed by atoms with E-state index in [1.54, 1.807) is 24.4 Å². The number of nitrogens with zero attached hydrogens (tertiary/aromatic N) is 2. The van der Waals surface area contributed by atoms with Gasteiger partial charge in [0.15, 0.2) is 0 Å². The highest BCUT2D eigenvalue weighted by atomic mass is 32.2. The highest BCUT2D eigenvalue weighted by molar-refractivity contribution is 7.99. The Morgan fingerprint density at radius 2 is 2.07 bits per heavy atom. The highest BCUT2D eigenvalue weighted by Crippen LogP contribution is 2.27. The minimum atomic E-state index is 0.263. The van der Waals surface area contributed by atoms with Crippen LogP contribution in [0.4, 0.5) is 0 Å². The van der Waals surface area contributed by atoms with Crippen LogP contribution in [0.5, 0.6) is 5.75 Å². The van der Waals surface area contributed by atoms with Gasteiger partial charge < -0.3 is 5.11 Å². The molecule has 0 aliphatic carbocycles. The molecule has 0 atom stereocenters. The van der Waals surface area contributed by atoms with E-state index in [1.165, 1.54) is 11.8 Å². The number of phenols is 1. The Labute approximate surface area is 85.8 Å². The molecule has 1 heterocycles. The van der Waals surface area contributed by atoms with Crippen molar-refractivity contribution < 1.29 is 5.11 Å². The number of phenolic OH excluding ortho intramolecular Hbond substituents is 1.